The van der Waals surface area contributed by atoms with Gasteiger partial charge in [0.1, 0.15) is 0 Å². The molecule has 92 valence electrons. The molecule has 0 saturated carbocycles. The maximum Gasteiger partial charge on any atom is 0.0389 e. The fourth-order valence-corrected chi connectivity index (χ4v) is 1.73. The molecule has 0 bridgehead atoms. The highest BCUT2D eigenvalue weighted by atomic mass is 15.3. The van der Waals surface area contributed by atoms with Crippen LogP contribution in [0.2, 0.25) is 0 Å². The van der Waals surface area contributed by atoms with Crippen molar-refractivity contribution in [3.8, 4) is 0 Å². The molecule has 3 heteroatoms. The Labute approximate surface area is 95.4 Å². The summed E-state index contributed by atoms with van der Waals surface area (Å²) in [4.78, 5) is 2.23. The second-order valence-corrected chi connectivity index (χ2v) is 5.12. The zero-order valence-corrected chi connectivity index (χ0v) is 11.1. The third kappa shape index (κ3) is 4.96. The fraction of sp³-hybridized carbons (Fsp3) is 1.00. The lowest BCUT2D eigenvalue weighted by Gasteiger charge is -2.40. The van der Waals surface area contributed by atoms with Gasteiger partial charge >= 0.3 is 0 Å². The number of likely N-dealkylation sites (N-methyl/N-ethyl adjacent to an activating group) is 1. The largest absolute Gasteiger partial charge is 0.303 e. The van der Waals surface area contributed by atoms with E-state index in [1.165, 1.54) is 25.7 Å². The number of hydrogen-bond acceptors (Lipinski definition) is 3. The average Bonchev–Trinajstić information content (AvgIpc) is 2.17. The molecular weight excluding hydrogens is 186 g/mol. The topological polar surface area (TPSA) is 41.3 Å². The summed E-state index contributed by atoms with van der Waals surface area (Å²) in [5.74, 6) is 5.63. The van der Waals surface area contributed by atoms with E-state index in [-0.39, 0.29) is 5.54 Å². The van der Waals surface area contributed by atoms with Crippen LogP contribution in [0.25, 0.3) is 0 Å². The van der Waals surface area contributed by atoms with Crippen molar-refractivity contribution in [3.05, 3.63) is 0 Å². The molecule has 3 nitrogen and oxygen atoms in total. The van der Waals surface area contributed by atoms with Gasteiger partial charge in [0.25, 0.3) is 0 Å². The first-order chi connectivity index (χ1) is 6.96. The van der Waals surface area contributed by atoms with Crippen LogP contribution in [-0.4, -0.2) is 30.6 Å². The number of unbranched alkanes of at least 4 members (excludes halogenated alkanes) is 3. The van der Waals surface area contributed by atoms with Crippen LogP contribution in [-0.2, 0) is 0 Å². The fourth-order valence-electron chi connectivity index (χ4n) is 1.73. The highest BCUT2D eigenvalue weighted by Gasteiger charge is 2.30. The van der Waals surface area contributed by atoms with E-state index >= 15 is 0 Å². The molecule has 0 aliphatic rings. The second-order valence-electron chi connectivity index (χ2n) is 5.12. The monoisotopic (exact) mass is 215 g/mol. The SMILES string of the molecule is CCCCCCC(NN)C(C)(C)N(C)C. The van der Waals surface area contributed by atoms with Gasteiger partial charge in [0, 0.05) is 11.6 Å². The van der Waals surface area contributed by atoms with E-state index in [1.807, 2.05) is 0 Å². The third-order valence-electron chi connectivity index (χ3n) is 3.55. The molecule has 1 atom stereocenters. The van der Waals surface area contributed by atoms with E-state index < -0.39 is 0 Å². The van der Waals surface area contributed by atoms with Gasteiger partial charge in [-0.05, 0) is 34.4 Å². The standard InChI is InChI=1S/C12H29N3/c1-6-7-8-9-10-11(14-13)12(2,3)15(4)5/h11,14H,6-10,13H2,1-5H3. The highest BCUT2D eigenvalue weighted by molar-refractivity contribution is 4.89. The number of nitrogens with two attached hydrogens (primary N) is 1. The van der Waals surface area contributed by atoms with Crippen molar-refractivity contribution in [2.75, 3.05) is 14.1 Å². The quantitative estimate of drug-likeness (QED) is 0.370. The molecule has 3 N–H and O–H groups in total. The molecule has 0 radical (unpaired) electrons. The van der Waals surface area contributed by atoms with Crippen molar-refractivity contribution in [3.63, 3.8) is 0 Å². The Morgan fingerprint density at radius 1 is 1.20 bits per heavy atom. The summed E-state index contributed by atoms with van der Waals surface area (Å²) in [5, 5.41) is 0. The number of rotatable bonds is 8. The minimum Gasteiger partial charge on any atom is -0.303 e. The van der Waals surface area contributed by atoms with Crippen LogP contribution < -0.4 is 11.3 Å². The molecule has 0 aromatic rings. The smallest absolute Gasteiger partial charge is 0.0389 e. The first-order valence-corrected chi connectivity index (χ1v) is 6.10. The summed E-state index contributed by atoms with van der Waals surface area (Å²) in [7, 11) is 4.22. The average molecular weight is 215 g/mol. The zero-order valence-electron chi connectivity index (χ0n) is 11.1. The summed E-state index contributed by atoms with van der Waals surface area (Å²) in [6.45, 7) is 6.71. The number of nitrogens with one attached hydrogen (secondary N) is 1. The lowest BCUT2D eigenvalue weighted by atomic mass is 9.89. The zero-order chi connectivity index (χ0) is 11.9. The molecule has 15 heavy (non-hydrogen) atoms. The summed E-state index contributed by atoms with van der Waals surface area (Å²) >= 11 is 0. The van der Waals surface area contributed by atoms with Gasteiger partial charge in [0.05, 0.1) is 0 Å². The van der Waals surface area contributed by atoms with Crippen molar-refractivity contribution in [1.29, 1.82) is 0 Å². The van der Waals surface area contributed by atoms with Gasteiger partial charge in [-0.2, -0.15) is 0 Å². The van der Waals surface area contributed by atoms with Crippen LogP contribution in [0.3, 0.4) is 0 Å². The van der Waals surface area contributed by atoms with E-state index in [2.05, 4.69) is 45.2 Å². The molecule has 0 heterocycles. The summed E-state index contributed by atoms with van der Waals surface area (Å²) in [5.41, 5.74) is 3.07. The van der Waals surface area contributed by atoms with Gasteiger partial charge in [-0.25, -0.2) is 0 Å². The molecule has 0 amide bonds. The van der Waals surface area contributed by atoms with Gasteiger partial charge in [-0.3, -0.25) is 11.3 Å². The van der Waals surface area contributed by atoms with Crippen LogP contribution in [0, 0.1) is 0 Å². The Kier molecular flexibility index (Phi) is 7.14. The molecule has 0 saturated heterocycles. The minimum absolute atomic E-state index is 0.112. The van der Waals surface area contributed by atoms with Gasteiger partial charge in [-0.15, -0.1) is 0 Å². The molecule has 0 spiro atoms. The highest BCUT2D eigenvalue weighted by Crippen LogP contribution is 2.20. The Balaban J connectivity index is 4.01. The van der Waals surface area contributed by atoms with Crippen molar-refractivity contribution in [1.82, 2.24) is 10.3 Å². The van der Waals surface area contributed by atoms with Crippen LogP contribution in [0.1, 0.15) is 52.9 Å². The number of nitrogens with zero attached hydrogens (tertiary/aromatic N) is 1. The van der Waals surface area contributed by atoms with Crippen LogP contribution in [0.4, 0.5) is 0 Å². The van der Waals surface area contributed by atoms with E-state index in [9.17, 15) is 0 Å². The van der Waals surface area contributed by atoms with E-state index in [0.717, 1.165) is 6.42 Å². The molecule has 0 aliphatic carbocycles. The molecule has 0 aromatic carbocycles. The minimum atomic E-state index is 0.112. The van der Waals surface area contributed by atoms with Crippen molar-refractivity contribution in [2.45, 2.75) is 64.5 Å². The predicted octanol–water partition coefficient (Wildman–Crippen LogP) is 2.13. The normalized spacial score (nSPS) is 14.6. The summed E-state index contributed by atoms with van der Waals surface area (Å²) in [6, 6.07) is 0.365. The first-order valence-electron chi connectivity index (χ1n) is 6.10. The van der Waals surface area contributed by atoms with E-state index in [4.69, 9.17) is 5.84 Å². The van der Waals surface area contributed by atoms with Gasteiger partial charge in [0.2, 0.25) is 0 Å². The molecule has 0 rings (SSSR count). The van der Waals surface area contributed by atoms with Crippen molar-refractivity contribution >= 4 is 0 Å². The van der Waals surface area contributed by atoms with Crippen LogP contribution >= 0.6 is 0 Å². The Morgan fingerprint density at radius 3 is 2.20 bits per heavy atom. The lowest BCUT2D eigenvalue weighted by molar-refractivity contribution is 0.130. The Bertz CT molecular complexity index is 155. The molecule has 0 fully saturated rings. The third-order valence-corrected chi connectivity index (χ3v) is 3.55. The van der Waals surface area contributed by atoms with Crippen LogP contribution in [0.5, 0.6) is 0 Å². The lowest BCUT2D eigenvalue weighted by Crippen LogP contribution is -2.57. The van der Waals surface area contributed by atoms with Gasteiger partial charge in [0.15, 0.2) is 0 Å². The Morgan fingerprint density at radius 2 is 1.80 bits per heavy atom. The van der Waals surface area contributed by atoms with Gasteiger partial charge in [-0.1, -0.05) is 32.6 Å². The first kappa shape index (κ1) is 14.9. The summed E-state index contributed by atoms with van der Waals surface area (Å²) in [6.07, 6.45) is 6.36. The van der Waals surface area contributed by atoms with Crippen LogP contribution in [0.15, 0.2) is 0 Å². The summed E-state index contributed by atoms with van der Waals surface area (Å²) < 4.78 is 0. The number of hydrazine groups is 1. The molecule has 0 aliphatic heterocycles. The van der Waals surface area contributed by atoms with Gasteiger partial charge < -0.3 is 4.90 Å². The second kappa shape index (κ2) is 7.20. The predicted molar refractivity (Wildman–Crippen MR) is 67.6 cm³/mol. The maximum absolute atomic E-state index is 5.63. The molecule has 1 unspecified atom stereocenters. The molecule has 0 aromatic heterocycles. The van der Waals surface area contributed by atoms with Crippen molar-refractivity contribution in [2.24, 2.45) is 5.84 Å². The molecular formula is C12H29N3. The number of hydrogen-bond donors (Lipinski definition) is 2. The maximum atomic E-state index is 5.63. The van der Waals surface area contributed by atoms with Crippen molar-refractivity contribution < 1.29 is 0 Å². The van der Waals surface area contributed by atoms with E-state index in [1.54, 1.807) is 0 Å². The van der Waals surface area contributed by atoms with E-state index in [0.29, 0.717) is 6.04 Å². The Hall–Kier alpha value is -0.120.